The van der Waals surface area contributed by atoms with Crippen LogP contribution in [0.5, 0.6) is 0 Å². The van der Waals surface area contributed by atoms with Crippen molar-refractivity contribution in [2.24, 2.45) is 5.92 Å². The highest BCUT2D eigenvalue weighted by molar-refractivity contribution is 4.81. The summed E-state index contributed by atoms with van der Waals surface area (Å²) in [6.45, 7) is 7.60. The fraction of sp³-hybridized carbons (Fsp3) is 1.00. The third kappa shape index (κ3) is 4.40. The molecule has 0 bridgehead atoms. The first-order valence-electron chi connectivity index (χ1n) is 5.84. The average Bonchev–Trinajstić information content (AvgIpc) is 2.11. The van der Waals surface area contributed by atoms with Crippen LogP contribution in [0.1, 0.15) is 33.1 Å². The maximum Gasteiger partial charge on any atom is 0.0546 e. The zero-order valence-electron chi connectivity index (χ0n) is 9.42. The third-order valence-electron chi connectivity index (χ3n) is 2.84. The normalized spacial score (nSPS) is 28.5. The molecule has 0 aliphatic heterocycles. The van der Waals surface area contributed by atoms with Gasteiger partial charge in [-0.3, -0.25) is 0 Å². The van der Waals surface area contributed by atoms with Gasteiger partial charge in [-0.1, -0.05) is 6.92 Å². The molecule has 1 aliphatic carbocycles. The molecule has 0 saturated heterocycles. The SMILES string of the molecule is CCCNCC(C)NCC1CC(O)C1. The van der Waals surface area contributed by atoms with Crippen LogP contribution < -0.4 is 10.6 Å². The molecule has 14 heavy (non-hydrogen) atoms. The van der Waals surface area contributed by atoms with Crippen LogP contribution in [-0.4, -0.2) is 36.9 Å². The van der Waals surface area contributed by atoms with E-state index in [4.69, 9.17) is 5.11 Å². The van der Waals surface area contributed by atoms with Crippen LogP contribution >= 0.6 is 0 Å². The molecule has 1 atom stereocenters. The van der Waals surface area contributed by atoms with Gasteiger partial charge in [0, 0.05) is 12.6 Å². The second kappa shape index (κ2) is 6.38. The first-order chi connectivity index (χ1) is 6.72. The van der Waals surface area contributed by atoms with Crippen molar-refractivity contribution in [3.05, 3.63) is 0 Å². The van der Waals surface area contributed by atoms with Crippen molar-refractivity contribution in [2.75, 3.05) is 19.6 Å². The van der Waals surface area contributed by atoms with Crippen LogP contribution in [0.25, 0.3) is 0 Å². The summed E-state index contributed by atoms with van der Waals surface area (Å²) in [6.07, 6.45) is 3.15. The highest BCUT2D eigenvalue weighted by atomic mass is 16.3. The Kier molecular flexibility index (Phi) is 5.45. The molecule has 0 aromatic heterocycles. The molecule has 1 unspecified atom stereocenters. The molecule has 3 nitrogen and oxygen atoms in total. The van der Waals surface area contributed by atoms with E-state index in [-0.39, 0.29) is 6.10 Å². The molecule has 84 valence electrons. The van der Waals surface area contributed by atoms with E-state index in [1.807, 2.05) is 0 Å². The van der Waals surface area contributed by atoms with Gasteiger partial charge in [0.15, 0.2) is 0 Å². The van der Waals surface area contributed by atoms with Crippen molar-refractivity contribution in [2.45, 2.75) is 45.3 Å². The summed E-state index contributed by atoms with van der Waals surface area (Å²) in [7, 11) is 0. The van der Waals surface area contributed by atoms with E-state index >= 15 is 0 Å². The molecular weight excluding hydrogens is 176 g/mol. The Bertz CT molecular complexity index is 146. The standard InChI is InChI=1S/C11H24N2O/c1-3-4-12-7-9(2)13-8-10-5-11(14)6-10/h9-14H,3-8H2,1-2H3. The monoisotopic (exact) mass is 200 g/mol. The Morgan fingerprint density at radius 1 is 1.43 bits per heavy atom. The Labute approximate surface area is 87.3 Å². The van der Waals surface area contributed by atoms with Gasteiger partial charge in [-0.15, -0.1) is 0 Å². The van der Waals surface area contributed by atoms with Crippen molar-refractivity contribution < 1.29 is 5.11 Å². The van der Waals surface area contributed by atoms with Crippen LogP contribution in [0.2, 0.25) is 0 Å². The highest BCUT2D eigenvalue weighted by Gasteiger charge is 2.26. The highest BCUT2D eigenvalue weighted by Crippen LogP contribution is 2.26. The maximum absolute atomic E-state index is 9.12. The summed E-state index contributed by atoms with van der Waals surface area (Å²) < 4.78 is 0. The summed E-state index contributed by atoms with van der Waals surface area (Å²) in [5, 5.41) is 16.0. The minimum atomic E-state index is -0.0182. The molecule has 3 N–H and O–H groups in total. The van der Waals surface area contributed by atoms with Gasteiger partial charge in [-0.05, 0) is 45.2 Å². The quantitative estimate of drug-likeness (QED) is 0.531. The summed E-state index contributed by atoms with van der Waals surface area (Å²) in [4.78, 5) is 0. The second-order valence-corrected chi connectivity index (χ2v) is 4.50. The van der Waals surface area contributed by atoms with Crippen molar-refractivity contribution >= 4 is 0 Å². The lowest BCUT2D eigenvalue weighted by molar-refractivity contribution is 0.0421. The van der Waals surface area contributed by atoms with Crippen molar-refractivity contribution in [1.29, 1.82) is 0 Å². The van der Waals surface area contributed by atoms with Crippen LogP contribution in [0, 0.1) is 5.92 Å². The third-order valence-corrected chi connectivity index (χ3v) is 2.84. The number of hydrogen-bond acceptors (Lipinski definition) is 3. The zero-order valence-corrected chi connectivity index (χ0v) is 9.42. The van der Waals surface area contributed by atoms with Crippen LogP contribution in [0.3, 0.4) is 0 Å². The molecule has 1 rings (SSSR count). The predicted octanol–water partition coefficient (Wildman–Crippen LogP) is 0.735. The molecular formula is C11H24N2O. The van der Waals surface area contributed by atoms with E-state index in [9.17, 15) is 0 Å². The number of hydrogen-bond donors (Lipinski definition) is 3. The largest absolute Gasteiger partial charge is 0.393 e. The van der Waals surface area contributed by atoms with Crippen molar-refractivity contribution in [1.82, 2.24) is 10.6 Å². The lowest BCUT2D eigenvalue weighted by Crippen LogP contribution is -2.42. The lowest BCUT2D eigenvalue weighted by Gasteiger charge is -2.32. The van der Waals surface area contributed by atoms with Crippen LogP contribution in [0.4, 0.5) is 0 Å². The minimum absolute atomic E-state index is 0.0182. The number of nitrogens with one attached hydrogen (secondary N) is 2. The Hall–Kier alpha value is -0.120. The molecule has 1 saturated carbocycles. The number of aliphatic hydroxyl groups excluding tert-OH is 1. The number of aliphatic hydroxyl groups is 1. The predicted molar refractivity (Wildman–Crippen MR) is 59.4 cm³/mol. The maximum atomic E-state index is 9.12. The molecule has 0 aromatic rings. The van der Waals surface area contributed by atoms with E-state index in [0.29, 0.717) is 12.0 Å². The van der Waals surface area contributed by atoms with Crippen LogP contribution in [0.15, 0.2) is 0 Å². The van der Waals surface area contributed by atoms with Gasteiger partial charge in [0.2, 0.25) is 0 Å². The molecule has 0 aromatic carbocycles. The van der Waals surface area contributed by atoms with Crippen molar-refractivity contribution in [3.63, 3.8) is 0 Å². The molecule has 3 heteroatoms. The second-order valence-electron chi connectivity index (χ2n) is 4.50. The Morgan fingerprint density at radius 3 is 2.71 bits per heavy atom. The fourth-order valence-corrected chi connectivity index (χ4v) is 1.80. The van der Waals surface area contributed by atoms with Gasteiger partial charge in [0.05, 0.1) is 6.10 Å². The van der Waals surface area contributed by atoms with Gasteiger partial charge in [0.25, 0.3) is 0 Å². The van der Waals surface area contributed by atoms with E-state index in [0.717, 1.165) is 32.5 Å². The van der Waals surface area contributed by atoms with Crippen LogP contribution in [-0.2, 0) is 0 Å². The fourth-order valence-electron chi connectivity index (χ4n) is 1.80. The topological polar surface area (TPSA) is 44.3 Å². The molecule has 1 aliphatic rings. The Balaban J connectivity index is 1.90. The van der Waals surface area contributed by atoms with Gasteiger partial charge in [-0.2, -0.15) is 0 Å². The number of rotatable bonds is 7. The van der Waals surface area contributed by atoms with Crippen molar-refractivity contribution in [3.8, 4) is 0 Å². The van der Waals surface area contributed by atoms with Gasteiger partial charge in [-0.25, -0.2) is 0 Å². The first-order valence-corrected chi connectivity index (χ1v) is 5.84. The Morgan fingerprint density at radius 2 is 2.14 bits per heavy atom. The summed E-state index contributed by atoms with van der Waals surface area (Å²) in [5.41, 5.74) is 0. The van der Waals surface area contributed by atoms with E-state index in [1.165, 1.54) is 6.42 Å². The smallest absolute Gasteiger partial charge is 0.0546 e. The summed E-state index contributed by atoms with van der Waals surface area (Å²) in [5.74, 6) is 0.707. The van der Waals surface area contributed by atoms with E-state index < -0.39 is 0 Å². The first kappa shape index (κ1) is 12.0. The molecule has 0 radical (unpaired) electrons. The minimum Gasteiger partial charge on any atom is -0.393 e. The van der Waals surface area contributed by atoms with Gasteiger partial charge >= 0.3 is 0 Å². The molecule has 0 heterocycles. The average molecular weight is 200 g/mol. The van der Waals surface area contributed by atoms with Gasteiger partial charge in [0.1, 0.15) is 0 Å². The molecule has 1 fully saturated rings. The molecule has 0 amide bonds. The van der Waals surface area contributed by atoms with E-state index in [2.05, 4.69) is 24.5 Å². The summed E-state index contributed by atoms with van der Waals surface area (Å²) >= 11 is 0. The summed E-state index contributed by atoms with van der Waals surface area (Å²) in [6, 6.07) is 0.541. The zero-order chi connectivity index (χ0) is 10.4. The van der Waals surface area contributed by atoms with Gasteiger partial charge < -0.3 is 15.7 Å². The molecule has 0 spiro atoms. The van der Waals surface area contributed by atoms with E-state index in [1.54, 1.807) is 0 Å². The lowest BCUT2D eigenvalue weighted by atomic mass is 9.82.